The second-order valence-electron chi connectivity index (χ2n) is 6.11. The molecule has 1 aromatic carbocycles. The van der Waals surface area contributed by atoms with Crippen molar-refractivity contribution in [2.24, 2.45) is 0 Å². The lowest BCUT2D eigenvalue weighted by molar-refractivity contribution is -0.128. The number of aryl methyl sites for hydroxylation is 1. The van der Waals surface area contributed by atoms with Crippen LogP contribution >= 0.6 is 0 Å². The molecule has 134 valence electrons. The van der Waals surface area contributed by atoms with E-state index in [1.165, 1.54) is 0 Å². The molecule has 1 saturated heterocycles. The quantitative estimate of drug-likeness (QED) is 0.822. The molecule has 0 bridgehead atoms. The molecule has 2 heterocycles. The van der Waals surface area contributed by atoms with Crippen molar-refractivity contribution in [2.45, 2.75) is 38.8 Å². The summed E-state index contributed by atoms with van der Waals surface area (Å²) in [4.78, 5) is 16.5. The first-order valence-electron chi connectivity index (χ1n) is 8.72. The summed E-state index contributed by atoms with van der Waals surface area (Å²) in [5.74, 6) is 1.23. The summed E-state index contributed by atoms with van der Waals surface area (Å²) in [5, 5.41) is 10.1. The fraction of sp³-hybridized carbons (Fsp3) is 0.500. The molecule has 1 amide bonds. The molecule has 0 spiro atoms. The van der Waals surface area contributed by atoms with E-state index in [0.29, 0.717) is 31.4 Å². The molecule has 7 heteroatoms. The lowest BCUT2D eigenvalue weighted by atomic mass is 10.1. The van der Waals surface area contributed by atoms with Gasteiger partial charge in [0.2, 0.25) is 5.91 Å². The molecular weight excluding hydrogens is 320 g/mol. The first-order chi connectivity index (χ1) is 12.2. The average Bonchev–Trinajstić information content (AvgIpc) is 3.12. The number of carbonyl (C=O) groups is 1. The minimum Gasteiger partial charge on any atom is -0.375 e. The fourth-order valence-corrected chi connectivity index (χ4v) is 2.80. The number of amides is 1. The maximum Gasteiger partial charge on any atom is 0.257 e. The molecule has 2 atom stereocenters. The van der Waals surface area contributed by atoms with E-state index in [9.17, 15) is 4.79 Å². The number of ether oxygens (including phenoxy) is 1. The molecular formula is C18H24N4O3. The van der Waals surface area contributed by atoms with Crippen molar-refractivity contribution in [2.75, 3.05) is 19.7 Å². The average molecular weight is 344 g/mol. The van der Waals surface area contributed by atoms with Crippen LogP contribution in [0.15, 0.2) is 28.8 Å². The largest absolute Gasteiger partial charge is 0.375 e. The third kappa shape index (κ3) is 4.43. The van der Waals surface area contributed by atoms with Crippen LogP contribution in [-0.4, -0.2) is 47.9 Å². The summed E-state index contributed by atoms with van der Waals surface area (Å²) in [5.41, 5.74) is 2.04. The molecule has 25 heavy (non-hydrogen) atoms. The van der Waals surface area contributed by atoms with Crippen LogP contribution in [0.25, 0.3) is 11.5 Å². The third-order valence-electron chi connectivity index (χ3n) is 4.30. The molecule has 2 aromatic rings. The van der Waals surface area contributed by atoms with Gasteiger partial charge in [0.15, 0.2) is 5.82 Å². The molecule has 0 radical (unpaired) electrons. The Kier molecular flexibility index (Phi) is 5.78. The summed E-state index contributed by atoms with van der Waals surface area (Å²) in [6.45, 7) is 5.85. The van der Waals surface area contributed by atoms with Gasteiger partial charge in [-0.2, -0.15) is 4.98 Å². The standard InChI is InChI=1S/C18H24N4O3/c1-3-15-21-18(25-22-15)14-6-4-13(5-7-14)8-9-20-17(23)16-12(2)24-11-10-19-16/h4-7,12,16,19H,3,8-11H2,1-2H3,(H,20,23)/t12-,16+/m1/s1. The molecule has 2 N–H and O–H groups in total. The van der Waals surface area contributed by atoms with E-state index in [1.54, 1.807) is 0 Å². The Morgan fingerprint density at radius 1 is 1.36 bits per heavy atom. The van der Waals surface area contributed by atoms with Crippen LogP contribution < -0.4 is 10.6 Å². The molecule has 1 aliphatic heterocycles. The third-order valence-corrected chi connectivity index (χ3v) is 4.30. The number of aromatic nitrogens is 2. The van der Waals surface area contributed by atoms with Gasteiger partial charge in [-0.1, -0.05) is 24.2 Å². The van der Waals surface area contributed by atoms with E-state index in [1.807, 2.05) is 38.1 Å². The Labute approximate surface area is 147 Å². The number of hydrogen-bond donors (Lipinski definition) is 2. The predicted molar refractivity (Wildman–Crippen MR) is 93.0 cm³/mol. The van der Waals surface area contributed by atoms with Crippen molar-refractivity contribution >= 4 is 5.91 Å². The lowest BCUT2D eigenvalue weighted by Crippen LogP contribution is -2.55. The Morgan fingerprint density at radius 2 is 2.16 bits per heavy atom. The topological polar surface area (TPSA) is 89.3 Å². The summed E-state index contributed by atoms with van der Waals surface area (Å²) in [6.07, 6.45) is 1.41. The molecule has 1 fully saturated rings. The predicted octanol–water partition coefficient (Wildman–Crippen LogP) is 1.33. The van der Waals surface area contributed by atoms with Crippen LogP contribution in [0.2, 0.25) is 0 Å². The maximum absolute atomic E-state index is 12.2. The van der Waals surface area contributed by atoms with Gasteiger partial charge in [0, 0.05) is 25.1 Å². The number of benzene rings is 1. The Bertz CT molecular complexity index is 699. The second kappa shape index (κ2) is 8.22. The highest BCUT2D eigenvalue weighted by atomic mass is 16.5. The van der Waals surface area contributed by atoms with Gasteiger partial charge in [-0.25, -0.2) is 0 Å². The minimum atomic E-state index is -0.276. The van der Waals surface area contributed by atoms with Gasteiger partial charge in [-0.3, -0.25) is 4.79 Å². The monoisotopic (exact) mass is 344 g/mol. The first kappa shape index (κ1) is 17.6. The number of carbonyl (C=O) groups excluding carboxylic acids is 1. The smallest absolute Gasteiger partial charge is 0.257 e. The van der Waals surface area contributed by atoms with Gasteiger partial charge in [0.05, 0.1) is 12.7 Å². The number of nitrogens with one attached hydrogen (secondary N) is 2. The zero-order valence-electron chi connectivity index (χ0n) is 14.6. The number of morpholine rings is 1. The molecule has 0 saturated carbocycles. The van der Waals surface area contributed by atoms with Gasteiger partial charge in [-0.05, 0) is 31.0 Å². The van der Waals surface area contributed by atoms with E-state index in [4.69, 9.17) is 9.26 Å². The van der Waals surface area contributed by atoms with Crippen LogP contribution in [-0.2, 0) is 22.4 Å². The van der Waals surface area contributed by atoms with Crippen molar-refractivity contribution in [3.05, 3.63) is 35.7 Å². The maximum atomic E-state index is 12.2. The number of nitrogens with zero attached hydrogens (tertiary/aromatic N) is 2. The van der Waals surface area contributed by atoms with Gasteiger partial charge in [0.1, 0.15) is 6.04 Å². The van der Waals surface area contributed by atoms with Crippen LogP contribution in [0.1, 0.15) is 25.2 Å². The number of rotatable bonds is 6. The highest BCUT2D eigenvalue weighted by molar-refractivity contribution is 5.82. The molecule has 0 unspecified atom stereocenters. The van der Waals surface area contributed by atoms with Crippen molar-refractivity contribution in [3.63, 3.8) is 0 Å². The molecule has 3 rings (SSSR count). The minimum absolute atomic E-state index is 0.0122. The Morgan fingerprint density at radius 3 is 2.84 bits per heavy atom. The second-order valence-corrected chi connectivity index (χ2v) is 6.11. The first-order valence-corrected chi connectivity index (χ1v) is 8.72. The van der Waals surface area contributed by atoms with Gasteiger partial charge < -0.3 is 19.9 Å². The van der Waals surface area contributed by atoms with Crippen LogP contribution in [0.5, 0.6) is 0 Å². The zero-order valence-corrected chi connectivity index (χ0v) is 14.6. The van der Waals surface area contributed by atoms with Crippen LogP contribution in [0.3, 0.4) is 0 Å². The van der Waals surface area contributed by atoms with Gasteiger partial charge >= 0.3 is 0 Å². The molecule has 0 aliphatic carbocycles. The fourth-order valence-electron chi connectivity index (χ4n) is 2.80. The highest BCUT2D eigenvalue weighted by Crippen LogP contribution is 2.18. The summed E-state index contributed by atoms with van der Waals surface area (Å²) < 4.78 is 10.7. The molecule has 1 aromatic heterocycles. The van der Waals surface area contributed by atoms with E-state index in [-0.39, 0.29) is 18.1 Å². The number of hydrogen-bond acceptors (Lipinski definition) is 6. The Hall–Kier alpha value is -2.25. The van der Waals surface area contributed by atoms with Crippen LogP contribution in [0, 0.1) is 0 Å². The summed E-state index contributed by atoms with van der Waals surface area (Å²) in [6, 6.07) is 7.68. The van der Waals surface area contributed by atoms with Gasteiger partial charge in [0.25, 0.3) is 5.89 Å². The normalized spacial score (nSPS) is 20.4. The molecule has 7 nitrogen and oxygen atoms in total. The van der Waals surface area contributed by atoms with Crippen LogP contribution in [0.4, 0.5) is 0 Å². The van der Waals surface area contributed by atoms with E-state index >= 15 is 0 Å². The van der Waals surface area contributed by atoms with Crippen molar-refractivity contribution in [1.29, 1.82) is 0 Å². The van der Waals surface area contributed by atoms with Crippen molar-refractivity contribution < 1.29 is 14.1 Å². The zero-order chi connectivity index (χ0) is 17.6. The molecule has 1 aliphatic rings. The van der Waals surface area contributed by atoms with Crippen molar-refractivity contribution in [1.82, 2.24) is 20.8 Å². The SMILES string of the molecule is CCc1noc(-c2ccc(CCNC(=O)[C@H]3NCCO[C@@H]3C)cc2)n1. The van der Waals surface area contributed by atoms with Crippen molar-refractivity contribution in [3.8, 4) is 11.5 Å². The van der Waals surface area contributed by atoms with E-state index in [2.05, 4.69) is 20.8 Å². The lowest BCUT2D eigenvalue weighted by Gasteiger charge is -2.29. The van der Waals surface area contributed by atoms with E-state index in [0.717, 1.165) is 24.0 Å². The van der Waals surface area contributed by atoms with Gasteiger partial charge in [-0.15, -0.1) is 0 Å². The highest BCUT2D eigenvalue weighted by Gasteiger charge is 2.27. The van der Waals surface area contributed by atoms with E-state index < -0.39 is 0 Å². The Balaban J connectivity index is 1.49. The summed E-state index contributed by atoms with van der Waals surface area (Å²) in [7, 11) is 0. The summed E-state index contributed by atoms with van der Waals surface area (Å²) >= 11 is 0.